The van der Waals surface area contributed by atoms with E-state index in [9.17, 15) is 9.59 Å². The van der Waals surface area contributed by atoms with Gasteiger partial charge >= 0.3 is 0 Å². The summed E-state index contributed by atoms with van der Waals surface area (Å²) in [5, 5.41) is 3.77. The minimum absolute atomic E-state index is 0.00650. The van der Waals surface area contributed by atoms with Crippen molar-refractivity contribution in [2.24, 2.45) is 0 Å². The second kappa shape index (κ2) is 7.24. The molecule has 1 aliphatic rings. The molecule has 2 rings (SSSR count). The van der Waals surface area contributed by atoms with E-state index in [4.69, 9.17) is 23.8 Å². The molecule has 1 aromatic carbocycles. The van der Waals surface area contributed by atoms with Crippen LogP contribution in [0.15, 0.2) is 24.3 Å². The molecule has 0 aliphatic carbocycles. The van der Waals surface area contributed by atoms with Crippen molar-refractivity contribution in [3.63, 3.8) is 0 Å². The largest absolute Gasteiger partial charge is 0.333 e. The van der Waals surface area contributed by atoms with Crippen molar-refractivity contribution >= 4 is 46.4 Å². The molecule has 1 heterocycles. The summed E-state index contributed by atoms with van der Waals surface area (Å²) in [5.74, 6) is -0.308. The van der Waals surface area contributed by atoms with Crippen LogP contribution >= 0.6 is 23.8 Å². The maximum absolute atomic E-state index is 11.7. The number of carbonyl (C=O) groups excluding carboxylic acids is 2. The van der Waals surface area contributed by atoms with Crippen LogP contribution in [-0.4, -0.2) is 34.9 Å². The Kier molecular flexibility index (Phi) is 5.35. The van der Waals surface area contributed by atoms with Crippen molar-refractivity contribution in [1.29, 1.82) is 0 Å². The zero-order valence-corrected chi connectivity index (χ0v) is 12.8. The number of carbonyl (C=O) groups is 2. The minimum Gasteiger partial charge on any atom is -0.333 e. The lowest BCUT2D eigenvalue weighted by atomic mass is 10.3. The molecule has 1 fully saturated rings. The summed E-state index contributed by atoms with van der Waals surface area (Å²) in [5.41, 5.74) is 5.78. The zero-order valence-electron chi connectivity index (χ0n) is 11.2. The number of hydrazine groups is 1. The highest BCUT2D eigenvalue weighted by atomic mass is 35.5. The van der Waals surface area contributed by atoms with Crippen molar-refractivity contribution in [3.05, 3.63) is 29.3 Å². The molecule has 2 amide bonds. The second-order valence-corrected chi connectivity index (χ2v) is 5.40. The number of halogens is 1. The third-order valence-electron chi connectivity index (χ3n) is 2.92. The van der Waals surface area contributed by atoms with Crippen molar-refractivity contribution in [2.75, 3.05) is 18.4 Å². The van der Waals surface area contributed by atoms with Crippen molar-refractivity contribution in [1.82, 2.24) is 15.8 Å². The van der Waals surface area contributed by atoms with Crippen molar-refractivity contribution in [2.45, 2.75) is 12.8 Å². The van der Waals surface area contributed by atoms with E-state index in [2.05, 4.69) is 16.2 Å². The van der Waals surface area contributed by atoms with Crippen LogP contribution < -0.4 is 16.2 Å². The first-order valence-electron chi connectivity index (χ1n) is 6.44. The summed E-state index contributed by atoms with van der Waals surface area (Å²) in [7, 11) is 0. The first-order chi connectivity index (χ1) is 10.0. The molecule has 8 heteroatoms. The first-order valence-corrected chi connectivity index (χ1v) is 7.22. The van der Waals surface area contributed by atoms with E-state index in [1.165, 1.54) is 4.90 Å². The van der Waals surface area contributed by atoms with Crippen LogP contribution in [-0.2, 0) is 9.59 Å². The first kappa shape index (κ1) is 15.5. The molecule has 1 aromatic rings. The molecule has 21 heavy (non-hydrogen) atoms. The van der Waals surface area contributed by atoms with E-state index in [1.54, 1.807) is 24.3 Å². The maximum Gasteiger partial charge on any atom is 0.257 e. The Morgan fingerprint density at radius 3 is 2.62 bits per heavy atom. The van der Waals surface area contributed by atoms with Crippen molar-refractivity contribution in [3.8, 4) is 0 Å². The number of nitrogens with zero attached hydrogens (tertiary/aromatic N) is 1. The van der Waals surface area contributed by atoms with Gasteiger partial charge in [-0.15, -0.1) is 0 Å². The summed E-state index contributed by atoms with van der Waals surface area (Å²) in [4.78, 5) is 24.6. The summed E-state index contributed by atoms with van der Waals surface area (Å²) < 4.78 is 0. The SMILES string of the molecule is O=C(CN1CCCC1=O)NNC(=S)Nc1ccc(Cl)cc1. The zero-order chi connectivity index (χ0) is 15.2. The number of likely N-dealkylation sites (tertiary alicyclic amines) is 1. The molecule has 0 unspecified atom stereocenters. The third kappa shape index (κ3) is 4.87. The fourth-order valence-corrected chi connectivity index (χ4v) is 2.20. The van der Waals surface area contributed by atoms with E-state index >= 15 is 0 Å². The lowest BCUT2D eigenvalue weighted by molar-refractivity contribution is -0.133. The van der Waals surface area contributed by atoms with Crippen LogP contribution in [0, 0.1) is 0 Å². The van der Waals surface area contributed by atoms with Gasteiger partial charge in [0.15, 0.2) is 5.11 Å². The Morgan fingerprint density at radius 2 is 2.00 bits per heavy atom. The molecule has 1 saturated heterocycles. The fraction of sp³-hybridized carbons (Fsp3) is 0.308. The summed E-state index contributed by atoms with van der Waals surface area (Å²) in [6.45, 7) is 0.662. The Hall–Kier alpha value is -1.86. The van der Waals surface area contributed by atoms with Gasteiger partial charge in [0.05, 0.1) is 0 Å². The minimum atomic E-state index is -0.314. The predicted octanol–water partition coefficient (Wildman–Crippen LogP) is 1.28. The molecule has 0 spiro atoms. The number of anilines is 1. The molecule has 3 N–H and O–H groups in total. The molecule has 112 valence electrons. The Labute approximate surface area is 132 Å². The average molecular weight is 327 g/mol. The number of benzene rings is 1. The molecule has 0 radical (unpaired) electrons. The molecular weight excluding hydrogens is 312 g/mol. The number of thiocarbonyl (C=S) groups is 1. The van der Waals surface area contributed by atoms with Crippen molar-refractivity contribution < 1.29 is 9.59 Å². The number of rotatable bonds is 3. The predicted molar refractivity (Wildman–Crippen MR) is 84.8 cm³/mol. The molecular formula is C13H15ClN4O2S. The molecule has 6 nitrogen and oxygen atoms in total. The highest BCUT2D eigenvalue weighted by Gasteiger charge is 2.22. The van der Waals surface area contributed by atoms with Gasteiger partial charge in [0.25, 0.3) is 5.91 Å². The summed E-state index contributed by atoms with van der Waals surface area (Å²) >= 11 is 10.8. The van der Waals surface area contributed by atoms with Crippen LogP contribution in [0.2, 0.25) is 5.02 Å². The van der Waals surface area contributed by atoms with E-state index in [0.717, 1.165) is 12.1 Å². The summed E-state index contributed by atoms with van der Waals surface area (Å²) in [6, 6.07) is 6.98. The van der Waals surface area contributed by atoms with Crippen LogP contribution in [0.5, 0.6) is 0 Å². The van der Waals surface area contributed by atoms with Crippen LogP contribution in [0.25, 0.3) is 0 Å². The maximum atomic E-state index is 11.7. The number of hydrogen-bond acceptors (Lipinski definition) is 3. The smallest absolute Gasteiger partial charge is 0.257 e. The van der Waals surface area contributed by atoms with E-state index < -0.39 is 0 Å². The van der Waals surface area contributed by atoms with E-state index in [0.29, 0.717) is 18.0 Å². The number of nitrogens with one attached hydrogen (secondary N) is 3. The molecule has 0 aromatic heterocycles. The molecule has 0 saturated carbocycles. The van der Waals surface area contributed by atoms with E-state index in [-0.39, 0.29) is 23.5 Å². The highest BCUT2D eigenvalue weighted by molar-refractivity contribution is 7.80. The fourth-order valence-electron chi connectivity index (χ4n) is 1.91. The van der Waals surface area contributed by atoms with Gasteiger partial charge in [-0.2, -0.15) is 0 Å². The van der Waals surface area contributed by atoms with Gasteiger partial charge in [-0.3, -0.25) is 20.4 Å². The van der Waals surface area contributed by atoms with E-state index in [1.807, 2.05) is 0 Å². The molecule has 1 aliphatic heterocycles. The standard InChI is InChI=1S/C13H15ClN4O2S/c14-9-3-5-10(6-4-9)15-13(21)17-16-11(19)8-18-7-1-2-12(18)20/h3-6H,1-2,7-8H2,(H,16,19)(H2,15,17,21). The van der Waals surface area contributed by atoms with Crippen LogP contribution in [0.1, 0.15) is 12.8 Å². The quantitative estimate of drug-likeness (QED) is 0.576. The molecule has 0 bridgehead atoms. The van der Waals surface area contributed by atoms with Gasteiger partial charge in [-0.1, -0.05) is 11.6 Å². The van der Waals surface area contributed by atoms with Gasteiger partial charge in [0.2, 0.25) is 5.91 Å². The van der Waals surface area contributed by atoms with Crippen LogP contribution in [0.3, 0.4) is 0 Å². The lowest BCUT2D eigenvalue weighted by Gasteiger charge is -2.16. The number of amides is 2. The normalized spacial score (nSPS) is 14.0. The van der Waals surface area contributed by atoms with Gasteiger partial charge in [-0.25, -0.2) is 0 Å². The summed E-state index contributed by atoms with van der Waals surface area (Å²) in [6.07, 6.45) is 1.31. The molecule has 0 atom stereocenters. The van der Waals surface area contributed by atoms with Crippen LogP contribution in [0.4, 0.5) is 5.69 Å². The van der Waals surface area contributed by atoms with Gasteiger partial charge in [0, 0.05) is 23.7 Å². The average Bonchev–Trinajstić information content (AvgIpc) is 2.85. The number of hydrogen-bond donors (Lipinski definition) is 3. The highest BCUT2D eigenvalue weighted by Crippen LogP contribution is 2.13. The monoisotopic (exact) mass is 326 g/mol. The third-order valence-corrected chi connectivity index (χ3v) is 3.38. The van der Waals surface area contributed by atoms with Gasteiger partial charge in [-0.05, 0) is 42.9 Å². The van der Waals surface area contributed by atoms with Gasteiger partial charge < -0.3 is 10.2 Å². The Morgan fingerprint density at radius 1 is 1.29 bits per heavy atom. The Balaban J connectivity index is 1.72. The second-order valence-electron chi connectivity index (χ2n) is 4.55. The topological polar surface area (TPSA) is 73.5 Å². The Bertz CT molecular complexity index is 550. The lowest BCUT2D eigenvalue weighted by Crippen LogP contribution is -2.48. The van der Waals surface area contributed by atoms with Gasteiger partial charge in [0.1, 0.15) is 6.54 Å².